The van der Waals surface area contributed by atoms with Crippen LogP contribution < -0.4 is 5.32 Å². The second-order valence-electron chi connectivity index (χ2n) is 9.76. The van der Waals surface area contributed by atoms with Crippen molar-refractivity contribution in [2.45, 2.75) is 38.6 Å². The number of carbonyl (C=O) groups is 1. The molecule has 0 amide bonds. The number of aromatic nitrogens is 4. The number of nitrogens with zero attached hydrogens (tertiary/aromatic N) is 4. The summed E-state index contributed by atoms with van der Waals surface area (Å²) < 4.78 is 56.8. The van der Waals surface area contributed by atoms with E-state index in [1.807, 2.05) is 27.7 Å². The van der Waals surface area contributed by atoms with Crippen molar-refractivity contribution in [3.63, 3.8) is 0 Å². The summed E-state index contributed by atoms with van der Waals surface area (Å²) in [7, 11) is -4.13. The molecule has 4 rings (SSSR count). The number of hydrogen-bond acceptors (Lipinski definition) is 7. The van der Waals surface area contributed by atoms with E-state index >= 15 is 0 Å². The Labute approximate surface area is 217 Å². The SMILES string of the molecule is Cc1ccc(S(=O)(=O)n2cc(-c3ncc(F)c(NC(/C=C/C(=O)O)C(C)(C)C)n3)c3cc(F)cnc32)cc1. The van der Waals surface area contributed by atoms with Crippen LogP contribution in [-0.4, -0.2) is 44.5 Å². The molecule has 1 atom stereocenters. The van der Waals surface area contributed by atoms with Crippen molar-refractivity contribution >= 4 is 32.8 Å². The van der Waals surface area contributed by atoms with Crippen molar-refractivity contribution < 1.29 is 27.1 Å². The Morgan fingerprint density at radius 1 is 1.13 bits per heavy atom. The van der Waals surface area contributed by atoms with Crippen LogP contribution in [0.25, 0.3) is 22.4 Å². The van der Waals surface area contributed by atoms with Crippen LogP contribution in [-0.2, 0) is 14.8 Å². The molecule has 0 aliphatic rings. The third kappa shape index (κ3) is 5.40. The van der Waals surface area contributed by atoms with Crippen molar-refractivity contribution in [3.8, 4) is 11.4 Å². The molecule has 4 aromatic rings. The van der Waals surface area contributed by atoms with Gasteiger partial charge in [-0.3, -0.25) is 0 Å². The summed E-state index contributed by atoms with van der Waals surface area (Å²) in [5.41, 5.74) is 0.392. The van der Waals surface area contributed by atoms with Crippen molar-refractivity contribution in [2.24, 2.45) is 5.41 Å². The molecule has 3 aromatic heterocycles. The average molecular weight is 542 g/mol. The van der Waals surface area contributed by atoms with Gasteiger partial charge in [-0.1, -0.05) is 44.5 Å². The van der Waals surface area contributed by atoms with Crippen LogP contribution in [0.1, 0.15) is 26.3 Å². The number of carboxylic acids is 1. The maximum atomic E-state index is 14.8. The lowest BCUT2D eigenvalue weighted by Gasteiger charge is -2.29. The maximum Gasteiger partial charge on any atom is 0.328 e. The molecule has 0 saturated carbocycles. The zero-order chi connectivity index (χ0) is 27.8. The van der Waals surface area contributed by atoms with Crippen LogP contribution in [0, 0.1) is 24.0 Å². The normalized spacial score (nSPS) is 13.2. The van der Waals surface area contributed by atoms with Crippen LogP contribution in [0.4, 0.5) is 14.6 Å². The molecular weight excluding hydrogens is 516 g/mol. The number of aryl methyl sites for hydroxylation is 1. The van der Waals surface area contributed by atoms with Gasteiger partial charge in [0.05, 0.1) is 23.3 Å². The molecule has 0 bridgehead atoms. The Morgan fingerprint density at radius 3 is 2.45 bits per heavy atom. The van der Waals surface area contributed by atoms with Crippen molar-refractivity contribution in [1.29, 1.82) is 0 Å². The summed E-state index contributed by atoms with van der Waals surface area (Å²) in [4.78, 5) is 23.3. The van der Waals surface area contributed by atoms with Gasteiger partial charge < -0.3 is 10.4 Å². The topological polar surface area (TPSA) is 127 Å². The molecule has 1 aromatic carbocycles. The van der Waals surface area contributed by atoms with E-state index in [9.17, 15) is 22.0 Å². The Bertz CT molecular complexity index is 1660. The number of hydrogen-bond donors (Lipinski definition) is 2. The van der Waals surface area contributed by atoms with Gasteiger partial charge in [-0.2, -0.15) is 0 Å². The van der Waals surface area contributed by atoms with Crippen LogP contribution in [0.15, 0.2) is 66.0 Å². The van der Waals surface area contributed by atoms with Gasteiger partial charge in [-0.15, -0.1) is 0 Å². The lowest BCUT2D eigenvalue weighted by Crippen LogP contribution is -2.33. The Balaban J connectivity index is 1.86. The smallest absolute Gasteiger partial charge is 0.328 e. The lowest BCUT2D eigenvalue weighted by molar-refractivity contribution is -0.131. The highest BCUT2D eigenvalue weighted by molar-refractivity contribution is 7.90. The van der Waals surface area contributed by atoms with Crippen molar-refractivity contribution in [3.05, 3.63) is 78.3 Å². The predicted octanol–water partition coefficient (Wildman–Crippen LogP) is 4.78. The molecule has 3 heterocycles. The second kappa shape index (κ2) is 9.93. The molecular formula is C26H25F2N5O4S. The molecule has 0 aliphatic heterocycles. The fraction of sp³-hybridized carbons (Fsp3) is 0.231. The number of nitrogens with one attached hydrogen (secondary N) is 1. The zero-order valence-electron chi connectivity index (χ0n) is 21.0. The summed E-state index contributed by atoms with van der Waals surface area (Å²) >= 11 is 0. The largest absolute Gasteiger partial charge is 0.478 e. The quantitative estimate of drug-likeness (QED) is 0.320. The molecule has 0 radical (unpaired) electrons. The van der Waals surface area contributed by atoms with Gasteiger partial charge in [0.2, 0.25) is 0 Å². The molecule has 0 spiro atoms. The van der Waals surface area contributed by atoms with E-state index in [1.54, 1.807) is 12.1 Å². The summed E-state index contributed by atoms with van der Waals surface area (Å²) in [5, 5.41) is 12.0. The van der Waals surface area contributed by atoms with Gasteiger partial charge in [0.1, 0.15) is 5.82 Å². The molecule has 0 aliphatic carbocycles. The molecule has 38 heavy (non-hydrogen) atoms. The Morgan fingerprint density at radius 2 is 1.82 bits per heavy atom. The van der Waals surface area contributed by atoms with E-state index in [2.05, 4.69) is 20.3 Å². The highest BCUT2D eigenvalue weighted by Gasteiger charge is 2.27. The van der Waals surface area contributed by atoms with Crippen molar-refractivity contribution in [2.75, 3.05) is 5.32 Å². The molecule has 2 N–H and O–H groups in total. The van der Waals surface area contributed by atoms with E-state index in [-0.39, 0.29) is 33.1 Å². The number of benzene rings is 1. The fourth-order valence-electron chi connectivity index (χ4n) is 3.72. The minimum Gasteiger partial charge on any atom is -0.478 e. The Hall–Kier alpha value is -4.19. The standard InChI is InChI=1S/C26H25F2N5O4S/c1-15-5-7-17(8-6-15)38(36,37)33-14-19(18-11-16(27)12-30-25(18)33)23-29-13-20(28)24(32-23)31-21(26(2,3)4)9-10-22(34)35/h5-14,21H,1-4H3,(H,34,35)(H,29,31,32)/b10-9+. The molecule has 9 nitrogen and oxygen atoms in total. The second-order valence-corrected chi connectivity index (χ2v) is 11.6. The summed E-state index contributed by atoms with van der Waals surface area (Å²) in [5.74, 6) is -3.01. The number of rotatable bonds is 7. The summed E-state index contributed by atoms with van der Waals surface area (Å²) in [6.45, 7) is 7.31. The number of fused-ring (bicyclic) bond motifs is 1. The van der Waals surface area contributed by atoms with Crippen LogP contribution in [0.3, 0.4) is 0 Å². The number of aliphatic carboxylic acids is 1. The van der Waals surface area contributed by atoms with Gasteiger partial charge in [-0.05, 0) is 30.5 Å². The first-order chi connectivity index (χ1) is 17.8. The van der Waals surface area contributed by atoms with Crippen molar-refractivity contribution in [1.82, 2.24) is 18.9 Å². The van der Waals surface area contributed by atoms with Crippen LogP contribution in [0.2, 0.25) is 0 Å². The number of halogens is 2. The monoisotopic (exact) mass is 541 g/mol. The Kier molecular flexibility index (Phi) is 7.02. The predicted molar refractivity (Wildman–Crippen MR) is 138 cm³/mol. The molecule has 0 fully saturated rings. The lowest BCUT2D eigenvalue weighted by atomic mass is 9.86. The van der Waals surface area contributed by atoms with E-state index in [1.165, 1.54) is 24.4 Å². The number of carboxylic acid groups (broad SMARTS) is 1. The first kappa shape index (κ1) is 26.9. The van der Waals surface area contributed by atoms with Crippen LogP contribution in [0.5, 0.6) is 0 Å². The van der Waals surface area contributed by atoms with E-state index in [4.69, 9.17) is 5.11 Å². The number of anilines is 1. The number of pyridine rings is 1. The third-order valence-electron chi connectivity index (χ3n) is 5.80. The zero-order valence-corrected chi connectivity index (χ0v) is 21.8. The first-order valence-electron chi connectivity index (χ1n) is 11.5. The summed E-state index contributed by atoms with van der Waals surface area (Å²) in [6, 6.07) is 6.67. The minimum absolute atomic E-state index is 0.00158. The highest BCUT2D eigenvalue weighted by atomic mass is 32.2. The van der Waals surface area contributed by atoms with Gasteiger partial charge >= 0.3 is 5.97 Å². The minimum atomic E-state index is -4.13. The molecule has 12 heteroatoms. The van der Waals surface area contributed by atoms with Gasteiger partial charge in [-0.25, -0.2) is 40.9 Å². The summed E-state index contributed by atoms with van der Waals surface area (Å²) in [6.07, 6.45) is 5.34. The van der Waals surface area contributed by atoms with E-state index < -0.39 is 39.1 Å². The van der Waals surface area contributed by atoms with E-state index in [0.29, 0.717) is 0 Å². The van der Waals surface area contributed by atoms with Gasteiger partial charge in [0, 0.05) is 23.2 Å². The van der Waals surface area contributed by atoms with Crippen LogP contribution >= 0.6 is 0 Å². The van der Waals surface area contributed by atoms with E-state index in [0.717, 1.165) is 34.1 Å². The highest BCUT2D eigenvalue weighted by Crippen LogP contribution is 2.32. The molecule has 198 valence electrons. The molecule has 1 unspecified atom stereocenters. The third-order valence-corrected chi connectivity index (χ3v) is 7.46. The first-order valence-corrected chi connectivity index (χ1v) is 12.9. The van der Waals surface area contributed by atoms with Gasteiger partial charge in [0.25, 0.3) is 10.0 Å². The average Bonchev–Trinajstić information content (AvgIpc) is 3.21. The maximum absolute atomic E-state index is 14.8. The van der Waals surface area contributed by atoms with Gasteiger partial charge in [0.15, 0.2) is 23.1 Å². The molecule has 0 saturated heterocycles. The fourth-order valence-corrected chi connectivity index (χ4v) is 5.04.